The van der Waals surface area contributed by atoms with Crippen LogP contribution in [0.3, 0.4) is 0 Å². The van der Waals surface area contributed by atoms with Gasteiger partial charge in [0.05, 0.1) is 19.3 Å². The van der Waals surface area contributed by atoms with Crippen LogP contribution in [0.15, 0.2) is 36.5 Å². The molecular weight excluding hydrogens is 729 g/mol. The van der Waals surface area contributed by atoms with Gasteiger partial charge in [0, 0.05) is 18.8 Å². The number of rotatable bonds is 35. The third-order valence-electron chi connectivity index (χ3n) is 9.39. The summed E-state index contributed by atoms with van der Waals surface area (Å²) in [5.41, 5.74) is 5.32. The molecule has 0 aromatic heterocycles. The number of carboxylic acid groups (broad SMARTS) is 1. The van der Waals surface area contributed by atoms with Crippen molar-refractivity contribution in [3.8, 4) is 0 Å². The fourth-order valence-corrected chi connectivity index (χ4v) is 6.77. The summed E-state index contributed by atoms with van der Waals surface area (Å²) in [5, 5.41) is 19.1. The molecule has 13 nitrogen and oxygen atoms in total. The zero-order chi connectivity index (χ0) is 40.7. The maximum atomic E-state index is 12.6. The molecule has 1 aliphatic rings. The molecule has 0 amide bonds. The summed E-state index contributed by atoms with van der Waals surface area (Å²) in [6, 6.07) is -1.55. The van der Waals surface area contributed by atoms with E-state index < -0.39 is 63.8 Å². The van der Waals surface area contributed by atoms with Crippen molar-refractivity contribution >= 4 is 31.5 Å². The lowest BCUT2D eigenvalue weighted by Crippen LogP contribution is -2.34. The Bertz CT molecular complexity index is 1220. The maximum Gasteiger partial charge on any atom is 0.472 e. The highest BCUT2D eigenvalue weighted by molar-refractivity contribution is 7.47. The third-order valence-corrected chi connectivity index (χ3v) is 10.3. The SMILES string of the molecule is CCCCCCCCCCCCCCC(=O)O[C@H](COC(=O)CCC/C=C\C[C@H]1C=CC(=O)[C@@H]1/C=C/[C@@H](O)CCCCC)COP(=O)(O)OC[C@H](N)C(=O)O. The number of hydrogen-bond donors (Lipinski definition) is 4. The second-order valence-electron chi connectivity index (χ2n) is 14.4. The van der Waals surface area contributed by atoms with Gasteiger partial charge in [0.1, 0.15) is 12.6 Å². The number of nitrogens with two attached hydrogens (primary N) is 1. The predicted octanol–water partition coefficient (Wildman–Crippen LogP) is 8.06. The molecule has 0 radical (unpaired) electrons. The minimum atomic E-state index is -4.76. The summed E-state index contributed by atoms with van der Waals surface area (Å²) >= 11 is 0. The van der Waals surface area contributed by atoms with Crippen LogP contribution < -0.4 is 5.73 Å². The number of aliphatic carboxylic acids is 1. The molecule has 1 rings (SSSR count). The average Bonchev–Trinajstić information content (AvgIpc) is 3.50. The van der Waals surface area contributed by atoms with Gasteiger partial charge in [0.2, 0.25) is 0 Å². The molecule has 0 aliphatic heterocycles. The third kappa shape index (κ3) is 26.8. The van der Waals surface area contributed by atoms with Gasteiger partial charge in [-0.1, -0.05) is 134 Å². The summed E-state index contributed by atoms with van der Waals surface area (Å²) in [4.78, 5) is 58.3. The number of carbonyl (C=O) groups excluding carboxylic acids is 3. The van der Waals surface area contributed by atoms with Crippen molar-refractivity contribution in [2.75, 3.05) is 19.8 Å². The van der Waals surface area contributed by atoms with E-state index in [0.717, 1.165) is 38.5 Å². The van der Waals surface area contributed by atoms with Crippen LogP contribution >= 0.6 is 7.82 Å². The maximum absolute atomic E-state index is 12.6. The highest BCUT2D eigenvalue weighted by atomic mass is 31.2. The number of hydrogen-bond acceptors (Lipinski definition) is 11. The fourth-order valence-electron chi connectivity index (χ4n) is 6.00. The van der Waals surface area contributed by atoms with Crippen molar-refractivity contribution in [2.24, 2.45) is 17.6 Å². The minimum absolute atomic E-state index is 0.00270. The van der Waals surface area contributed by atoms with E-state index in [0.29, 0.717) is 32.1 Å². The van der Waals surface area contributed by atoms with Crippen molar-refractivity contribution in [3.63, 3.8) is 0 Å². The molecule has 0 bridgehead atoms. The number of aliphatic hydroxyl groups is 1. The van der Waals surface area contributed by atoms with Crippen molar-refractivity contribution in [1.82, 2.24) is 0 Å². The zero-order valence-electron chi connectivity index (χ0n) is 33.4. The van der Waals surface area contributed by atoms with Gasteiger partial charge in [-0.25, -0.2) is 4.57 Å². The molecule has 0 heterocycles. The number of unbranched alkanes of at least 4 members (excludes halogenated alkanes) is 14. The standard InChI is InChI=1S/C41H70NO12P/c1-3-5-7-8-9-10-11-12-13-14-15-21-25-40(46)54-35(31-52-55(49,50)53-32-37(42)41(47)48)30-51-39(45)24-20-17-16-19-22-33-26-29-38(44)36(33)28-27-34(43)23-18-6-4-2/h16,19,26-29,33-37,43H,3-15,17-18,20-25,30-32,42H2,1-2H3,(H,47,48)(H,49,50)/b19-16-,28-27+/t33-,34-,35+,36+,37-/m0/s1. The fraction of sp³-hybridized carbons (Fsp3) is 0.756. The van der Waals surface area contributed by atoms with Crippen molar-refractivity contribution in [2.45, 2.75) is 167 Å². The highest BCUT2D eigenvalue weighted by Crippen LogP contribution is 2.43. The number of ketones is 1. The summed E-state index contributed by atoms with van der Waals surface area (Å²) in [6.45, 7) is 2.48. The second-order valence-corrected chi connectivity index (χ2v) is 15.9. The number of ether oxygens (including phenoxy) is 2. The molecule has 1 aliphatic carbocycles. The smallest absolute Gasteiger partial charge is 0.472 e. The molecular formula is C41H70NO12P. The Morgan fingerprint density at radius 3 is 2.04 bits per heavy atom. The van der Waals surface area contributed by atoms with E-state index >= 15 is 0 Å². The van der Waals surface area contributed by atoms with Gasteiger partial charge in [0.15, 0.2) is 11.9 Å². The van der Waals surface area contributed by atoms with Gasteiger partial charge in [-0.15, -0.1) is 0 Å². The quantitative estimate of drug-likeness (QED) is 0.0207. The average molecular weight is 800 g/mol. The van der Waals surface area contributed by atoms with Crippen molar-refractivity contribution < 1.29 is 57.4 Å². The molecule has 0 saturated heterocycles. The first-order valence-corrected chi connectivity index (χ1v) is 22.1. The molecule has 6 atom stereocenters. The van der Waals surface area contributed by atoms with Gasteiger partial charge in [-0.05, 0) is 44.1 Å². The molecule has 0 aromatic carbocycles. The molecule has 14 heteroatoms. The summed E-state index contributed by atoms with van der Waals surface area (Å²) in [6.07, 6.45) is 28.5. The Morgan fingerprint density at radius 2 is 1.40 bits per heavy atom. The number of esters is 2. The van der Waals surface area contributed by atoms with Crippen LogP contribution in [0.4, 0.5) is 0 Å². The molecule has 0 spiro atoms. The van der Waals surface area contributed by atoms with Crippen molar-refractivity contribution in [1.29, 1.82) is 0 Å². The monoisotopic (exact) mass is 799 g/mol. The minimum Gasteiger partial charge on any atom is -0.480 e. The summed E-state index contributed by atoms with van der Waals surface area (Å²) in [7, 11) is -4.76. The Balaban J connectivity index is 2.50. The molecule has 1 unspecified atom stereocenters. The Kier molecular flexibility index (Phi) is 28.8. The van der Waals surface area contributed by atoms with E-state index in [-0.39, 0.29) is 30.5 Å². The summed E-state index contributed by atoms with van der Waals surface area (Å²) < 4.78 is 32.6. The van der Waals surface area contributed by atoms with E-state index in [4.69, 9.17) is 24.8 Å². The Morgan fingerprint density at radius 1 is 0.818 bits per heavy atom. The van der Waals surface area contributed by atoms with Crippen LogP contribution in [0, 0.1) is 11.8 Å². The van der Waals surface area contributed by atoms with Gasteiger partial charge >= 0.3 is 25.7 Å². The first-order valence-electron chi connectivity index (χ1n) is 20.6. The second kappa shape index (κ2) is 31.4. The highest BCUT2D eigenvalue weighted by Gasteiger charge is 2.29. The van der Waals surface area contributed by atoms with Crippen LogP contribution in [0.25, 0.3) is 0 Å². The number of phosphoric acid groups is 1. The van der Waals surface area contributed by atoms with Gasteiger partial charge in [-0.2, -0.15) is 0 Å². The lowest BCUT2D eigenvalue weighted by Gasteiger charge is -2.20. The zero-order valence-corrected chi connectivity index (χ0v) is 34.3. The van der Waals surface area contributed by atoms with Crippen LogP contribution in [0.5, 0.6) is 0 Å². The largest absolute Gasteiger partial charge is 0.480 e. The lowest BCUT2D eigenvalue weighted by molar-refractivity contribution is -0.161. The Labute approximate surface area is 329 Å². The van der Waals surface area contributed by atoms with Crippen LogP contribution in [0.1, 0.15) is 149 Å². The van der Waals surface area contributed by atoms with Crippen LogP contribution in [-0.2, 0) is 42.3 Å². The molecule has 5 N–H and O–H groups in total. The lowest BCUT2D eigenvalue weighted by atomic mass is 9.90. The number of phosphoric ester groups is 1. The molecule has 0 fully saturated rings. The van der Waals surface area contributed by atoms with E-state index in [9.17, 15) is 33.7 Å². The van der Waals surface area contributed by atoms with Gasteiger partial charge in [-0.3, -0.25) is 28.2 Å². The van der Waals surface area contributed by atoms with Gasteiger partial charge < -0.3 is 30.3 Å². The van der Waals surface area contributed by atoms with E-state index in [1.165, 1.54) is 51.4 Å². The van der Waals surface area contributed by atoms with Crippen molar-refractivity contribution in [3.05, 3.63) is 36.5 Å². The first kappa shape index (κ1) is 50.3. The van der Waals surface area contributed by atoms with E-state index in [1.54, 1.807) is 12.2 Å². The topological polar surface area (TPSA) is 209 Å². The normalized spacial score (nSPS) is 18.5. The van der Waals surface area contributed by atoms with Crippen LogP contribution in [0.2, 0.25) is 0 Å². The summed E-state index contributed by atoms with van der Waals surface area (Å²) in [5.74, 6) is -2.83. The van der Waals surface area contributed by atoms with E-state index in [2.05, 4.69) is 18.4 Å². The van der Waals surface area contributed by atoms with Gasteiger partial charge in [0.25, 0.3) is 0 Å². The molecule has 316 valence electrons. The number of aliphatic hydroxyl groups excluding tert-OH is 1. The first-order chi connectivity index (χ1) is 26.4. The Hall–Kier alpha value is -2.67. The number of carboxylic acids is 1. The number of carbonyl (C=O) groups is 4. The molecule has 55 heavy (non-hydrogen) atoms. The number of allylic oxidation sites excluding steroid dienone is 5. The predicted molar refractivity (Wildman–Crippen MR) is 212 cm³/mol. The molecule has 0 saturated carbocycles. The molecule has 0 aromatic rings. The van der Waals surface area contributed by atoms with Crippen LogP contribution in [-0.4, -0.2) is 76.9 Å². The van der Waals surface area contributed by atoms with E-state index in [1.807, 2.05) is 24.3 Å².